The average Bonchev–Trinajstić information content (AvgIpc) is 3.43. The molecule has 4 fully saturated rings. The van der Waals surface area contributed by atoms with E-state index in [1.807, 2.05) is 24.9 Å². The maximum atomic E-state index is 5.64. The third-order valence-electron chi connectivity index (χ3n) is 9.85. The number of rotatable bonds is 4. The molecule has 8 rings (SSSR count). The number of ether oxygens (including phenoxy) is 1. The van der Waals surface area contributed by atoms with E-state index in [1.165, 1.54) is 55.5 Å². The fourth-order valence-corrected chi connectivity index (χ4v) is 7.64. The zero-order valence-corrected chi connectivity index (χ0v) is 22.0. The summed E-state index contributed by atoms with van der Waals surface area (Å²) in [5.41, 5.74) is 5.77. The van der Waals surface area contributed by atoms with Gasteiger partial charge in [-0.1, -0.05) is 0 Å². The highest BCUT2D eigenvalue weighted by molar-refractivity contribution is 5.87. The van der Waals surface area contributed by atoms with Gasteiger partial charge >= 0.3 is 0 Å². The first-order valence-electron chi connectivity index (χ1n) is 13.7. The van der Waals surface area contributed by atoms with Crippen LogP contribution in [0.1, 0.15) is 61.3 Å². The van der Waals surface area contributed by atoms with Crippen LogP contribution in [0, 0.1) is 19.3 Å². The fraction of sp³-hybridized carbons (Fsp3) is 0.704. The van der Waals surface area contributed by atoms with Gasteiger partial charge in [-0.25, -0.2) is 9.97 Å². The van der Waals surface area contributed by atoms with Gasteiger partial charge in [0, 0.05) is 63.0 Å². The minimum atomic E-state index is 0.420. The lowest BCUT2D eigenvalue weighted by atomic mass is 9.56. The fourth-order valence-electron chi connectivity index (χ4n) is 7.64. The number of aryl methyl sites for hydroxylation is 3. The maximum absolute atomic E-state index is 5.64. The van der Waals surface area contributed by atoms with Crippen molar-refractivity contribution in [1.29, 1.82) is 0 Å². The number of anilines is 1. The molecular formula is C27H38N8O. The molecule has 2 aliphatic heterocycles. The number of nitrogens with zero attached hydrogens (tertiary/aromatic N) is 8. The van der Waals surface area contributed by atoms with Crippen molar-refractivity contribution in [3.8, 4) is 0 Å². The molecule has 9 nitrogen and oxygen atoms in total. The van der Waals surface area contributed by atoms with Crippen LogP contribution in [0.4, 0.5) is 5.82 Å². The van der Waals surface area contributed by atoms with Crippen LogP contribution in [0.5, 0.6) is 0 Å². The van der Waals surface area contributed by atoms with Crippen molar-refractivity contribution in [3.05, 3.63) is 29.0 Å². The molecule has 5 aliphatic rings. The lowest BCUT2D eigenvalue weighted by molar-refractivity contribution is -0.0958. The molecule has 5 heterocycles. The van der Waals surface area contributed by atoms with Gasteiger partial charge in [0.15, 0.2) is 5.65 Å². The van der Waals surface area contributed by atoms with Crippen molar-refractivity contribution in [2.24, 2.45) is 12.5 Å². The number of aromatic nitrogens is 6. The first kappa shape index (κ1) is 22.7. The summed E-state index contributed by atoms with van der Waals surface area (Å²) in [7, 11) is 1.95. The Morgan fingerprint density at radius 3 is 2.47 bits per heavy atom. The zero-order valence-electron chi connectivity index (χ0n) is 22.0. The Morgan fingerprint density at radius 2 is 1.72 bits per heavy atom. The first-order chi connectivity index (χ1) is 17.5. The van der Waals surface area contributed by atoms with Crippen molar-refractivity contribution in [2.75, 3.05) is 37.7 Å². The Hall–Kier alpha value is -2.52. The minimum Gasteiger partial charge on any atom is -0.379 e. The molecule has 36 heavy (non-hydrogen) atoms. The summed E-state index contributed by atoms with van der Waals surface area (Å²) >= 11 is 0. The summed E-state index contributed by atoms with van der Waals surface area (Å²) < 4.78 is 9.89. The quantitative estimate of drug-likeness (QED) is 0.556. The molecule has 3 aromatic heterocycles. The lowest BCUT2D eigenvalue weighted by Gasteiger charge is -2.58. The summed E-state index contributed by atoms with van der Waals surface area (Å²) in [5.74, 6) is 1.79. The van der Waals surface area contributed by atoms with Crippen LogP contribution in [-0.2, 0) is 31.3 Å². The topological polar surface area (TPSA) is 77.1 Å². The summed E-state index contributed by atoms with van der Waals surface area (Å²) in [6, 6.07) is 0. The van der Waals surface area contributed by atoms with E-state index in [-0.39, 0.29) is 0 Å². The van der Waals surface area contributed by atoms with Gasteiger partial charge in [-0.15, -0.1) is 0 Å². The zero-order chi connectivity index (χ0) is 24.5. The molecule has 9 heteroatoms. The van der Waals surface area contributed by atoms with E-state index in [4.69, 9.17) is 14.8 Å². The van der Waals surface area contributed by atoms with Crippen molar-refractivity contribution in [2.45, 2.75) is 77.4 Å². The largest absolute Gasteiger partial charge is 0.379 e. The van der Waals surface area contributed by atoms with Gasteiger partial charge in [-0.3, -0.25) is 14.3 Å². The molecule has 1 saturated heterocycles. The van der Waals surface area contributed by atoms with Gasteiger partial charge < -0.3 is 9.64 Å². The van der Waals surface area contributed by atoms with E-state index in [0.29, 0.717) is 11.0 Å². The maximum Gasteiger partial charge on any atom is 0.163 e. The van der Waals surface area contributed by atoms with Gasteiger partial charge in [-0.05, 0) is 57.8 Å². The van der Waals surface area contributed by atoms with Gasteiger partial charge in [0.25, 0.3) is 0 Å². The normalized spacial score (nSPS) is 28.7. The Kier molecular flexibility index (Phi) is 5.19. The van der Waals surface area contributed by atoms with Gasteiger partial charge in [0.1, 0.15) is 11.6 Å². The summed E-state index contributed by atoms with van der Waals surface area (Å²) in [4.78, 5) is 14.6. The molecule has 0 atom stereocenters. The third kappa shape index (κ3) is 3.49. The van der Waals surface area contributed by atoms with Crippen LogP contribution < -0.4 is 4.90 Å². The van der Waals surface area contributed by atoms with E-state index in [9.17, 15) is 0 Å². The van der Waals surface area contributed by atoms with Crippen molar-refractivity contribution >= 4 is 16.9 Å². The highest BCUT2D eigenvalue weighted by Gasteiger charge is 2.51. The molecule has 0 amide bonds. The Morgan fingerprint density at radius 1 is 0.972 bits per heavy atom. The molecule has 192 valence electrons. The van der Waals surface area contributed by atoms with E-state index in [0.717, 1.165) is 75.0 Å². The third-order valence-corrected chi connectivity index (χ3v) is 9.85. The van der Waals surface area contributed by atoms with Crippen molar-refractivity contribution < 1.29 is 4.74 Å². The van der Waals surface area contributed by atoms with Gasteiger partial charge in [0.05, 0.1) is 30.5 Å². The molecule has 3 saturated carbocycles. The summed E-state index contributed by atoms with van der Waals surface area (Å²) in [6.45, 7) is 11.1. The number of hydrogen-bond acceptors (Lipinski definition) is 7. The Balaban J connectivity index is 1.11. The molecule has 2 bridgehead atoms. The van der Waals surface area contributed by atoms with E-state index >= 15 is 0 Å². The number of morpholine rings is 1. The molecule has 0 unspecified atom stereocenters. The van der Waals surface area contributed by atoms with Crippen LogP contribution in [0.25, 0.3) is 11.0 Å². The number of hydrogen-bond donors (Lipinski definition) is 0. The molecule has 0 aromatic carbocycles. The van der Waals surface area contributed by atoms with Crippen LogP contribution in [0.15, 0.2) is 6.20 Å². The molecule has 0 radical (unpaired) electrons. The van der Waals surface area contributed by atoms with E-state index in [2.05, 4.69) is 31.5 Å². The van der Waals surface area contributed by atoms with Crippen LogP contribution in [0.3, 0.4) is 0 Å². The monoisotopic (exact) mass is 490 g/mol. The second-order valence-corrected chi connectivity index (χ2v) is 11.8. The predicted molar refractivity (Wildman–Crippen MR) is 138 cm³/mol. The molecule has 0 spiro atoms. The molecular weight excluding hydrogens is 452 g/mol. The smallest absolute Gasteiger partial charge is 0.163 e. The van der Waals surface area contributed by atoms with E-state index in [1.54, 1.807) is 0 Å². The highest BCUT2D eigenvalue weighted by Crippen LogP contribution is 2.55. The molecule has 3 aromatic rings. The minimum absolute atomic E-state index is 0.420. The molecule has 0 N–H and O–H groups in total. The highest BCUT2D eigenvalue weighted by atomic mass is 16.5. The molecule has 3 aliphatic carbocycles. The lowest BCUT2D eigenvalue weighted by Crippen LogP contribution is -2.60. The second kappa shape index (κ2) is 8.25. The van der Waals surface area contributed by atoms with E-state index < -0.39 is 0 Å². The Bertz CT molecular complexity index is 1280. The van der Waals surface area contributed by atoms with Crippen LogP contribution in [0.2, 0.25) is 0 Å². The van der Waals surface area contributed by atoms with Crippen LogP contribution >= 0.6 is 0 Å². The first-order valence-corrected chi connectivity index (χ1v) is 13.7. The van der Waals surface area contributed by atoms with Gasteiger partial charge in [0.2, 0.25) is 0 Å². The number of fused-ring (bicyclic) bond motifs is 5. The standard InChI is InChI=1S/C27H38N8O/c1-19-22-17-33(25-21-16-28-32(3)24(21)29-20(2)30-25)11-4-23(22)35(31-19)18-26-5-8-27(9-6-26,10-7-26)34-12-14-36-15-13-34/h16H,4-15,17-18H2,1-3H3. The predicted octanol–water partition coefficient (Wildman–Crippen LogP) is 3.16. The summed E-state index contributed by atoms with van der Waals surface area (Å²) in [6.07, 6.45) is 11.0. The SMILES string of the molecule is Cc1nc(N2CCc3c(c(C)nn3CC34CCC(N5CCOCC5)(CC3)CC4)C2)c2cnn(C)c2n1. The second-order valence-electron chi connectivity index (χ2n) is 11.8. The average molecular weight is 491 g/mol. The Labute approximate surface area is 212 Å². The summed E-state index contributed by atoms with van der Waals surface area (Å²) in [5, 5.41) is 10.6. The van der Waals surface area contributed by atoms with Crippen molar-refractivity contribution in [3.63, 3.8) is 0 Å². The van der Waals surface area contributed by atoms with Crippen LogP contribution in [-0.4, -0.2) is 72.8 Å². The van der Waals surface area contributed by atoms with Gasteiger partial charge in [-0.2, -0.15) is 10.2 Å². The van der Waals surface area contributed by atoms with Crippen molar-refractivity contribution in [1.82, 2.24) is 34.4 Å².